The molecular formula is C27H21ClFN3OS2. The van der Waals surface area contributed by atoms with Crippen LogP contribution in [0.3, 0.4) is 0 Å². The number of thioether (sulfide) groups is 1. The Morgan fingerprint density at radius 1 is 1.09 bits per heavy atom. The molecule has 0 aliphatic carbocycles. The van der Waals surface area contributed by atoms with Gasteiger partial charge in [0, 0.05) is 54.0 Å². The molecule has 35 heavy (non-hydrogen) atoms. The zero-order chi connectivity index (χ0) is 24.7. The summed E-state index contributed by atoms with van der Waals surface area (Å²) >= 11 is 13.1. The number of amides is 1. The molecule has 176 valence electrons. The van der Waals surface area contributed by atoms with Crippen LogP contribution in [0.2, 0.25) is 5.02 Å². The Bertz CT molecular complexity index is 1490. The highest BCUT2D eigenvalue weighted by atomic mass is 35.5. The Hall–Kier alpha value is -3.13. The van der Waals surface area contributed by atoms with Crippen LogP contribution >= 0.6 is 35.6 Å². The number of carbonyl (C=O) groups excluding carboxylic acids is 1. The predicted molar refractivity (Wildman–Crippen MR) is 149 cm³/mol. The van der Waals surface area contributed by atoms with Crippen LogP contribution in [0.4, 0.5) is 15.8 Å². The van der Waals surface area contributed by atoms with Crippen molar-refractivity contribution in [2.75, 3.05) is 23.9 Å². The summed E-state index contributed by atoms with van der Waals surface area (Å²) in [6.07, 6.45) is 3.88. The minimum absolute atomic E-state index is 0.143. The lowest BCUT2D eigenvalue weighted by atomic mass is 10.1. The molecule has 0 bridgehead atoms. The summed E-state index contributed by atoms with van der Waals surface area (Å²) in [6, 6.07) is 20.1. The number of hydrogen-bond donors (Lipinski definition) is 0. The van der Waals surface area contributed by atoms with Gasteiger partial charge in [-0.3, -0.25) is 9.69 Å². The van der Waals surface area contributed by atoms with Crippen LogP contribution in [0, 0.1) is 5.82 Å². The van der Waals surface area contributed by atoms with Gasteiger partial charge in [0.05, 0.1) is 10.6 Å². The molecule has 1 aliphatic heterocycles. The number of fused-ring (bicyclic) bond motifs is 1. The molecule has 1 saturated heterocycles. The van der Waals surface area contributed by atoms with Crippen LogP contribution in [0.5, 0.6) is 0 Å². The van der Waals surface area contributed by atoms with Crippen LogP contribution in [0.1, 0.15) is 11.1 Å². The van der Waals surface area contributed by atoms with Gasteiger partial charge in [-0.05, 0) is 54.1 Å². The van der Waals surface area contributed by atoms with Gasteiger partial charge in [0.25, 0.3) is 5.91 Å². The first-order chi connectivity index (χ1) is 16.8. The van der Waals surface area contributed by atoms with Gasteiger partial charge >= 0.3 is 0 Å². The van der Waals surface area contributed by atoms with Crippen LogP contribution < -0.4 is 9.80 Å². The fourth-order valence-corrected chi connectivity index (χ4v) is 5.60. The highest BCUT2D eigenvalue weighted by Gasteiger charge is 2.33. The standard InChI is InChI=1S/C27H21ClFN3OS2/c1-30(2)20-9-11-21(12-10-20)32-26(33)25(35-27(32)34)13-18-16-31(24-6-4-3-5-22(18)24)15-17-7-8-19(29)14-23(17)28/h3-14,16H,15H2,1-2H3/b25-13-. The summed E-state index contributed by atoms with van der Waals surface area (Å²) in [5.41, 5.74) is 4.50. The van der Waals surface area contributed by atoms with Crippen molar-refractivity contribution in [2.45, 2.75) is 6.54 Å². The molecule has 5 rings (SSSR count). The Balaban J connectivity index is 1.49. The molecule has 0 unspecified atom stereocenters. The average molecular weight is 522 g/mol. The number of nitrogens with zero attached hydrogens (tertiary/aromatic N) is 3. The monoisotopic (exact) mass is 521 g/mol. The van der Waals surface area contributed by atoms with Crippen molar-refractivity contribution in [1.29, 1.82) is 0 Å². The minimum atomic E-state index is -0.366. The maximum absolute atomic E-state index is 13.5. The molecule has 1 amide bonds. The Labute approximate surface area is 217 Å². The first-order valence-electron chi connectivity index (χ1n) is 10.9. The van der Waals surface area contributed by atoms with Crippen molar-refractivity contribution < 1.29 is 9.18 Å². The molecule has 8 heteroatoms. The van der Waals surface area contributed by atoms with Crippen molar-refractivity contribution in [2.24, 2.45) is 0 Å². The van der Waals surface area contributed by atoms with E-state index in [-0.39, 0.29) is 11.7 Å². The van der Waals surface area contributed by atoms with Crippen molar-refractivity contribution >= 4 is 74.2 Å². The van der Waals surface area contributed by atoms with Gasteiger partial charge in [-0.15, -0.1) is 0 Å². The minimum Gasteiger partial charge on any atom is -0.378 e. The summed E-state index contributed by atoms with van der Waals surface area (Å²) in [6.45, 7) is 0.479. The van der Waals surface area contributed by atoms with Crippen LogP contribution in [0.15, 0.2) is 77.8 Å². The van der Waals surface area contributed by atoms with E-state index in [0.717, 1.165) is 33.4 Å². The maximum Gasteiger partial charge on any atom is 0.270 e. The number of aromatic nitrogens is 1. The normalized spacial score (nSPS) is 15.0. The summed E-state index contributed by atoms with van der Waals surface area (Å²) in [5, 5.41) is 1.39. The third-order valence-electron chi connectivity index (χ3n) is 5.88. The van der Waals surface area contributed by atoms with Crippen molar-refractivity contribution in [3.63, 3.8) is 0 Å². The van der Waals surface area contributed by atoms with E-state index < -0.39 is 0 Å². The van der Waals surface area contributed by atoms with Crippen molar-refractivity contribution in [1.82, 2.24) is 4.57 Å². The van der Waals surface area contributed by atoms with Gasteiger partial charge in [0.1, 0.15) is 5.82 Å². The lowest BCUT2D eigenvalue weighted by molar-refractivity contribution is -0.113. The van der Waals surface area contributed by atoms with Crippen LogP contribution in [-0.4, -0.2) is 28.9 Å². The molecule has 0 N–H and O–H groups in total. The second-order valence-electron chi connectivity index (χ2n) is 8.39. The molecule has 4 aromatic rings. The van der Waals surface area contributed by atoms with E-state index in [1.807, 2.05) is 79.8 Å². The molecule has 4 nitrogen and oxygen atoms in total. The zero-order valence-corrected chi connectivity index (χ0v) is 21.4. The Morgan fingerprint density at radius 3 is 2.54 bits per heavy atom. The van der Waals surface area contributed by atoms with E-state index in [2.05, 4.69) is 4.57 Å². The Kier molecular flexibility index (Phi) is 6.40. The number of thiocarbonyl (C=S) groups is 1. The molecular weight excluding hydrogens is 501 g/mol. The van der Waals surface area contributed by atoms with Crippen LogP contribution in [-0.2, 0) is 11.3 Å². The number of rotatable bonds is 5. The third-order valence-corrected chi connectivity index (χ3v) is 7.53. The zero-order valence-electron chi connectivity index (χ0n) is 19.0. The number of carbonyl (C=O) groups is 1. The Morgan fingerprint density at radius 2 is 1.83 bits per heavy atom. The number of halogens is 2. The van der Waals surface area contributed by atoms with Gasteiger partial charge in [-0.2, -0.15) is 0 Å². The highest BCUT2D eigenvalue weighted by Crippen LogP contribution is 2.37. The lowest BCUT2D eigenvalue weighted by Gasteiger charge is -2.17. The summed E-state index contributed by atoms with van der Waals surface area (Å²) in [5.74, 6) is -0.508. The first-order valence-corrected chi connectivity index (χ1v) is 12.5. The quantitative estimate of drug-likeness (QED) is 0.210. The van der Waals surface area contributed by atoms with Crippen molar-refractivity contribution in [3.8, 4) is 0 Å². The number of hydrogen-bond acceptors (Lipinski definition) is 4. The average Bonchev–Trinajstić information content (AvgIpc) is 3.32. The molecule has 3 aromatic carbocycles. The molecule has 2 heterocycles. The fourth-order valence-electron chi connectivity index (χ4n) is 4.09. The molecule has 1 fully saturated rings. The predicted octanol–water partition coefficient (Wildman–Crippen LogP) is 6.95. The van der Waals surface area contributed by atoms with Gasteiger partial charge in [-0.25, -0.2) is 4.39 Å². The number of anilines is 2. The first kappa shape index (κ1) is 23.6. The molecule has 1 aromatic heterocycles. The maximum atomic E-state index is 13.5. The largest absolute Gasteiger partial charge is 0.378 e. The van der Waals surface area contributed by atoms with Gasteiger partial charge in [0.15, 0.2) is 4.32 Å². The van der Waals surface area contributed by atoms with E-state index in [0.29, 0.717) is 20.8 Å². The van der Waals surface area contributed by atoms with Gasteiger partial charge < -0.3 is 9.47 Å². The SMILES string of the molecule is CN(C)c1ccc(N2C(=O)/C(=C/c3cn(Cc4ccc(F)cc4Cl)c4ccccc34)SC2=S)cc1. The fraction of sp³-hybridized carbons (Fsp3) is 0.111. The van der Waals surface area contributed by atoms with Gasteiger partial charge in [0.2, 0.25) is 0 Å². The highest BCUT2D eigenvalue weighted by molar-refractivity contribution is 8.27. The van der Waals surface area contributed by atoms with E-state index in [9.17, 15) is 9.18 Å². The molecule has 0 saturated carbocycles. The smallest absolute Gasteiger partial charge is 0.270 e. The molecule has 0 radical (unpaired) electrons. The lowest BCUT2D eigenvalue weighted by Crippen LogP contribution is -2.27. The number of para-hydroxylation sites is 1. The van der Waals surface area contributed by atoms with E-state index in [4.69, 9.17) is 23.8 Å². The summed E-state index contributed by atoms with van der Waals surface area (Å²) in [7, 11) is 3.94. The molecule has 1 aliphatic rings. The van der Waals surface area contributed by atoms with E-state index in [1.165, 1.54) is 23.9 Å². The topological polar surface area (TPSA) is 28.5 Å². The van der Waals surface area contributed by atoms with Gasteiger partial charge in [-0.1, -0.05) is 59.8 Å². The summed E-state index contributed by atoms with van der Waals surface area (Å²) < 4.78 is 16.1. The van der Waals surface area contributed by atoms with E-state index >= 15 is 0 Å². The summed E-state index contributed by atoms with van der Waals surface area (Å²) in [4.78, 5) is 17.5. The van der Waals surface area contributed by atoms with E-state index in [1.54, 1.807) is 11.0 Å². The second kappa shape index (κ2) is 9.49. The number of benzene rings is 3. The van der Waals surface area contributed by atoms with Crippen LogP contribution in [0.25, 0.3) is 17.0 Å². The molecule has 0 atom stereocenters. The van der Waals surface area contributed by atoms with Crippen molar-refractivity contribution in [3.05, 3.63) is 99.8 Å². The second-order valence-corrected chi connectivity index (χ2v) is 10.5. The third kappa shape index (κ3) is 4.59. The molecule has 0 spiro atoms.